The van der Waals surface area contributed by atoms with Crippen molar-refractivity contribution in [3.05, 3.63) is 29.8 Å². The molecule has 4 heteroatoms. The molecule has 0 radical (unpaired) electrons. The Morgan fingerprint density at radius 3 is 2.90 bits per heavy atom. The zero-order chi connectivity index (χ0) is 15.2. The lowest BCUT2D eigenvalue weighted by atomic mass is 10.1. The quantitative estimate of drug-likeness (QED) is 0.837. The van der Waals surface area contributed by atoms with E-state index in [0.717, 1.165) is 11.3 Å². The Balaban J connectivity index is 1.94. The minimum atomic E-state index is 0.126. The van der Waals surface area contributed by atoms with E-state index in [4.69, 9.17) is 9.47 Å². The van der Waals surface area contributed by atoms with Gasteiger partial charge in [-0.3, -0.25) is 4.79 Å². The number of nitrogens with zero attached hydrogens (tertiary/aromatic N) is 1. The average Bonchev–Trinajstić information content (AvgIpc) is 2.49. The van der Waals surface area contributed by atoms with E-state index in [1.54, 1.807) is 0 Å². The summed E-state index contributed by atoms with van der Waals surface area (Å²) in [5.41, 5.74) is 1.10. The standard InChI is InChI=1S/C17H25NO3/c1-4-20-16-8-6-5-7-15(16)9-10-17(19)18-11-14(3)21-12-13(18)2/h5-8,13-14H,4,9-12H2,1-3H3/t13-,14-/m1/s1. The van der Waals surface area contributed by atoms with Gasteiger partial charge < -0.3 is 14.4 Å². The molecule has 4 nitrogen and oxygen atoms in total. The third-order valence-corrected chi connectivity index (χ3v) is 3.81. The topological polar surface area (TPSA) is 38.8 Å². The second-order valence-corrected chi connectivity index (χ2v) is 5.58. The van der Waals surface area contributed by atoms with Gasteiger partial charge in [-0.15, -0.1) is 0 Å². The van der Waals surface area contributed by atoms with E-state index in [9.17, 15) is 4.79 Å². The summed E-state index contributed by atoms with van der Waals surface area (Å²) in [5, 5.41) is 0. The fourth-order valence-electron chi connectivity index (χ4n) is 2.64. The van der Waals surface area contributed by atoms with Crippen LogP contribution in [0.15, 0.2) is 24.3 Å². The first-order valence-corrected chi connectivity index (χ1v) is 7.73. The van der Waals surface area contributed by atoms with Gasteiger partial charge in [-0.2, -0.15) is 0 Å². The molecule has 0 aliphatic carbocycles. The summed E-state index contributed by atoms with van der Waals surface area (Å²) in [7, 11) is 0. The smallest absolute Gasteiger partial charge is 0.223 e. The highest BCUT2D eigenvalue weighted by Crippen LogP contribution is 2.21. The van der Waals surface area contributed by atoms with Crippen molar-refractivity contribution in [1.29, 1.82) is 0 Å². The lowest BCUT2D eigenvalue weighted by Gasteiger charge is -2.37. The highest BCUT2D eigenvalue weighted by atomic mass is 16.5. The van der Waals surface area contributed by atoms with E-state index in [1.807, 2.05) is 49.9 Å². The first kappa shape index (κ1) is 15.8. The fraction of sp³-hybridized carbons (Fsp3) is 0.588. The second kappa shape index (κ2) is 7.46. The van der Waals surface area contributed by atoms with Gasteiger partial charge in [-0.05, 0) is 38.8 Å². The van der Waals surface area contributed by atoms with Crippen LogP contribution < -0.4 is 4.74 Å². The summed E-state index contributed by atoms with van der Waals surface area (Å²) in [6.45, 7) is 7.98. The second-order valence-electron chi connectivity index (χ2n) is 5.58. The van der Waals surface area contributed by atoms with Crippen molar-refractivity contribution in [3.63, 3.8) is 0 Å². The molecule has 1 heterocycles. The minimum Gasteiger partial charge on any atom is -0.494 e. The lowest BCUT2D eigenvalue weighted by Crippen LogP contribution is -2.50. The average molecular weight is 291 g/mol. The maximum absolute atomic E-state index is 12.4. The van der Waals surface area contributed by atoms with Crippen LogP contribution >= 0.6 is 0 Å². The van der Waals surface area contributed by atoms with Crippen LogP contribution in [0, 0.1) is 0 Å². The Hall–Kier alpha value is -1.55. The largest absolute Gasteiger partial charge is 0.494 e. The van der Waals surface area contributed by atoms with Gasteiger partial charge in [-0.25, -0.2) is 0 Å². The van der Waals surface area contributed by atoms with E-state index >= 15 is 0 Å². The van der Waals surface area contributed by atoms with Crippen LogP contribution in [0.4, 0.5) is 0 Å². The van der Waals surface area contributed by atoms with Crippen LogP contribution in [0.1, 0.15) is 32.8 Å². The first-order chi connectivity index (χ1) is 10.1. The number of rotatable bonds is 5. The molecule has 0 unspecified atom stereocenters. The molecule has 1 aliphatic heterocycles. The Kier molecular flexibility index (Phi) is 5.62. The van der Waals surface area contributed by atoms with Crippen molar-refractivity contribution in [2.24, 2.45) is 0 Å². The zero-order valence-electron chi connectivity index (χ0n) is 13.2. The highest BCUT2D eigenvalue weighted by molar-refractivity contribution is 5.77. The molecule has 1 aliphatic rings. The molecule has 1 saturated heterocycles. The summed E-state index contributed by atoms with van der Waals surface area (Å²) in [6, 6.07) is 8.10. The Morgan fingerprint density at radius 1 is 1.38 bits per heavy atom. The number of carbonyl (C=O) groups excluding carboxylic acids is 1. The predicted molar refractivity (Wildman–Crippen MR) is 82.5 cm³/mol. The SMILES string of the molecule is CCOc1ccccc1CCC(=O)N1C[C@@H](C)OC[C@H]1C. The summed E-state index contributed by atoms with van der Waals surface area (Å²) < 4.78 is 11.2. The summed E-state index contributed by atoms with van der Waals surface area (Å²) in [5.74, 6) is 1.08. The van der Waals surface area contributed by atoms with E-state index < -0.39 is 0 Å². The summed E-state index contributed by atoms with van der Waals surface area (Å²) in [6.07, 6.45) is 1.36. The molecule has 21 heavy (non-hydrogen) atoms. The van der Waals surface area contributed by atoms with Gasteiger partial charge in [0.25, 0.3) is 0 Å². The molecule has 0 saturated carbocycles. The van der Waals surface area contributed by atoms with Crippen molar-refractivity contribution in [1.82, 2.24) is 4.90 Å². The minimum absolute atomic E-state index is 0.126. The molecule has 2 rings (SSSR count). The molecular weight excluding hydrogens is 266 g/mol. The van der Waals surface area contributed by atoms with Crippen molar-refractivity contribution in [3.8, 4) is 5.75 Å². The van der Waals surface area contributed by atoms with Gasteiger partial charge in [0.05, 0.1) is 25.4 Å². The molecule has 0 bridgehead atoms. The predicted octanol–water partition coefficient (Wildman–Crippen LogP) is 2.65. The van der Waals surface area contributed by atoms with E-state index in [2.05, 4.69) is 0 Å². The molecular formula is C17H25NO3. The Bertz CT molecular complexity index is 475. The molecule has 1 fully saturated rings. The van der Waals surface area contributed by atoms with E-state index in [1.165, 1.54) is 0 Å². The maximum atomic E-state index is 12.4. The Labute approximate surface area is 127 Å². The van der Waals surface area contributed by atoms with Crippen LogP contribution in [0.5, 0.6) is 5.75 Å². The van der Waals surface area contributed by atoms with Crippen molar-refractivity contribution in [2.45, 2.75) is 45.8 Å². The number of ether oxygens (including phenoxy) is 2. The van der Waals surface area contributed by atoms with Crippen LogP contribution in [-0.2, 0) is 16.0 Å². The first-order valence-electron chi connectivity index (χ1n) is 7.73. The van der Waals surface area contributed by atoms with Gasteiger partial charge in [-0.1, -0.05) is 18.2 Å². The van der Waals surface area contributed by atoms with Gasteiger partial charge in [0.2, 0.25) is 5.91 Å². The van der Waals surface area contributed by atoms with Gasteiger partial charge in [0.15, 0.2) is 0 Å². The summed E-state index contributed by atoms with van der Waals surface area (Å²) >= 11 is 0. The van der Waals surface area contributed by atoms with Crippen LogP contribution in [0.2, 0.25) is 0 Å². The number of morpholine rings is 1. The van der Waals surface area contributed by atoms with Crippen molar-refractivity contribution >= 4 is 5.91 Å². The number of benzene rings is 1. The molecule has 1 aromatic carbocycles. The third kappa shape index (κ3) is 4.21. The number of hydrogen-bond acceptors (Lipinski definition) is 3. The fourth-order valence-corrected chi connectivity index (χ4v) is 2.64. The van der Waals surface area contributed by atoms with E-state index in [-0.39, 0.29) is 18.1 Å². The molecule has 2 atom stereocenters. The van der Waals surface area contributed by atoms with Crippen LogP contribution in [0.3, 0.4) is 0 Å². The number of amides is 1. The molecule has 0 N–H and O–H groups in total. The lowest BCUT2D eigenvalue weighted by molar-refractivity contribution is -0.143. The van der Waals surface area contributed by atoms with Crippen LogP contribution in [-0.4, -0.2) is 42.7 Å². The highest BCUT2D eigenvalue weighted by Gasteiger charge is 2.27. The number of hydrogen-bond donors (Lipinski definition) is 0. The maximum Gasteiger partial charge on any atom is 0.223 e. The van der Waals surface area contributed by atoms with Crippen molar-refractivity contribution < 1.29 is 14.3 Å². The number of carbonyl (C=O) groups is 1. The van der Waals surface area contributed by atoms with Gasteiger partial charge >= 0.3 is 0 Å². The number of para-hydroxylation sites is 1. The van der Waals surface area contributed by atoms with Gasteiger partial charge in [0, 0.05) is 13.0 Å². The van der Waals surface area contributed by atoms with Gasteiger partial charge in [0.1, 0.15) is 5.75 Å². The molecule has 1 aromatic rings. The van der Waals surface area contributed by atoms with E-state index in [0.29, 0.717) is 32.6 Å². The number of aryl methyl sites for hydroxylation is 1. The normalized spacial score (nSPS) is 22.1. The molecule has 1 amide bonds. The zero-order valence-corrected chi connectivity index (χ0v) is 13.2. The molecule has 116 valence electrons. The monoisotopic (exact) mass is 291 g/mol. The molecule has 0 aromatic heterocycles. The van der Waals surface area contributed by atoms with Crippen LogP contribution in [0.25, 0.3) is 0 Å². The summed E-state index contributed by atoms with van der Waals surface area (Å²) in [4.78, 5) is 14.4. The Morgan fingerprint density at radius 2 is 2.14 bits per heavy atom. The van der Waals surface area contributed by atoms with Crippen molar-refractivity contribution in [2.75, 3.05) is 19.8 Å². The third-order valence-electron chi connectivity index (χ3n) is 3.81. The molecule has 0 spiro atoms.